The van der Waals surface area contributed by atoms with Gasteiger partial charge in [-0.3, -0.25) is 4.79 Å². The van der Waals surface area contributed by atoms with Crippen molar-refractivity contribution in [2.45, 2.75) is 13.0 Å². The molecule has 25 heavy (non-hydrogen) atoms. The van der Waals surface area contributed by atoms with Crippen molar-refractivity contribution in [3.63, 3.8) is 0 Å². The minimum Gasteiger partial charge on any atom is -0.345 e. The third kappa shape index (κ3) is 2.63. The number of carbonyl (C=O) groups excluding carboxylic acids is 1. The van der Waals surface area contributed by atoms with Crippen LogP contribution in [0.25, 0.3) is 16.3 Å². The molecule has 4 nitrogen and oxygen atoms in total. The van der Waals surface area contributed by atoms with Crippen LogP contribution in [0.4, 0.5) is 4.39 Å². The molecule has 1 unspecified atom stereocenters. The number of pyridine rings is 1. The lowest BCUT2D eigenvalue weighted by molar-refractivity contribution is 0.0942. The lowest BCUT2D eigenvalue weighted by Gasteiger charge is -2.16. The van der Waals surface area contributed by atoms with Gasteiger partial charge in [-0.1, -0.05) is 36.4 Å². The van der Waals surface area contributed by atoms with Crippen LogP contribution < -0.4 is 5.32 Å². The smallest absolute Gasteiger partial charge is 0.255 e. The van der Waals surface area contributed by atoms with Gasteiger partial charge in [0, 0.05) is 11.6 Å². The van der Waals surface area contributed by atoms with Gasteiger partial charge in [0.1, 0.15) is 5.82 Å². The summed E-state index contributed by atoms with van der Waals surface area (Å²) in [6.45, 7) is 1.89. The second-order valence-electron chi connectivity index (χ2n) is 5.97. The van der Waals surface area contributed by atoms with Crippen molar-refractivity contribution in [1.82, 2.24) is 14.9 Å². The molecule has 1 atom stereocenters. The topological polar surface area (TPSA) is 46.4 Å². The van der Waals surface area contributed by atoms with E-state index in [1.807, 2.05) is 37.3 Å². The van der Waals surface area contributed by atoms with Gasteiger partial charge in [0.15, 0.2) is 0 Å². The summed E-state index contributed by atoms with van der Waals surface area (Å²) in [6, 6.07) is 15.7. The lowest BCUT2D eigenvalue weighted by atomic mass is 9.99. The van der Waals surface area contributed by atoms with Crippen molar-refractivity contribution in [1.29, 1.82) is 0 Å². The Labute approximate surface area is 143 Å². The highest BCUT2D eigenvalue weighted by Crippen LogP contribution is 2.26. The van der Waals surface area contributed by atoms with E-state index in [1.165, 1.54) is 6.07 Å². The summed E-state index contributed by atoms with van der Waals surface area (Å²) in [7, 11) is 0. The normalized spacial score (nSPS) is 12.4. The fourth-order valence-electron chi connectivity index (χ4n) is 3.12. The van der Waals surface area contributed by atoms with E-state index >= 15 is 0 Å². The average molecular weight is 333 g/mol. The molecule has 0 aliphatic heterocycles. The highest BCUT2D eigenvalue weighted by molar-refractivity contribution is 6.01. The van der Waals surface area contributed by atoms with E-state index < -0.39 is 0 Å². The number of fused-ring (bicyclic) bond motifs is 2. The SMILES string of the molecule is CC(NC(=O)c1cnn2ccccc12)c1ccc(F)c2ccccc12. The highest BCUT2D eigenvalue weighted by atomic mass is 19.1. The second kappa shape index (κ2) is 6.02. The Bertz CT molecular complexity index is 1090. The number of rotatable bonds is 3. The number of nitrogens with one attached hydrogen (secondary N) is 1. The van der Waals surface area contributed by atoms with E-state index in [9.17, 15) is 9.18 Å². The third-order valence-corrected chi connectivity index (χ3v) is 4.39. The molecule has 1 amide bonds. The van der Waals surface area contributed by atoms with Crippen molar-refractivity contribution in [2.24, 2.45) is 0 Å². The lowest BCUT2D eigenvalue weighted by Crippen LogP contribution is -2.26. The fraction of sp³-hybridized carbons (Fsp3) is 0.100. The predicted molar refractivity (Wildman–Crippen MR) is 95.0 cm³/mol. The molecule has 4 aromatic rings. The zero-order chi connectivity index (χ0) is 17.4. The Hall–Kier alpha value is -3.21. The van der Waals surface area contributed by atoms with Crippen LogP contribution in [0.2, 0.25) is 0 Å². The molecular weight excluding hydrogens is 317 g/mol. The van der Waals surface area contributed by atoms with E-state index in [0.717, 1.165) is 16.5 Å². The largest absolute Gasteiger partial charge is 0.345 e. The van der Waals surface area contributed by atoms with E-state index in [4.69, 9.17) is 0 Å². The maximum absolute atomic E-state index is 14.0. The van der Waals surface area contributed by atoms with Crippen molar-refractivity contribution >= 4 is 22.2 Å². The van der Waals surface area contributed by atoms with Gasteiger partial charge in [-0.25, -0.2) is 8.91 Å². The van der Waals surface area contributed by atoms with Crippen LogP contribution in [-0.2, 0) is 0 Å². The predicted octanol–water partition coefficient (Wildman–Crippen LogP) is 4.12. The quantitative estimate of drug-likeness (QED) is 0.613. The average Bonchev–Trinajstić information content (AvgIpc) is 3.06. The molecule has 1 N–H and O–H groups in total. The summed E-state index contributed by atoms with van der Waals surface area (Å²) in [4.78, 5) is 12.7. The first-order valence-electron chi connectivity index (χ1n) is 8.05. The molecule has 0 bridgehead atoms. The number of carbonyl (C=O) groups is 1. The number of amides is 1. The number of benzene rings is 2. The summed E-state index contributed by atoms with van der Waals surface area (Å²) in [6.07, 6.45) is 3.35. The number of nitrogens with zero attached hydrogens (tertiary/aromatic N) is 2. The first kappa shape index (κ1) is 15.3. The monoisotopic (exact) mass is 333 g/mol. The van der Waals surface area contributed by atoms with Gasteiger partial charge in [-0.05, 0) is 36.1 Å². The standard InChI is InChI=1S/C20H16FN3O/c1-13(14-9-10-18(21)16-7-3-2-6-15(14)16)23-20(25)17-12-22-24-11-5-4-8-19(17)24/h2-13H,1H3,(H,23,25). The van der Waals surface area contributed by atoms with Gasteiger partial charge in [-0.15, -0.1) is 0 Å². The third-order valence-electron chi connectivity index (χ3n) is 4.39. The summed E-state index contributed by atoms with van der Waals surface area (Å²) < 4.78 is 15.7. The first-order chi connectivity index (χ1) is 12.1. The molecule has 0 aliphatic rings. The molecule has 2 heterocycles. The maximum atomic E-state index is 14.0. The van der Waals surface area contributed by atoms with Crippen molar-refractivity contribution in [3.05, 3.63) is 83.9 Å². The van der Waals surface area contributed by atoms with Crippen LogP contribution >= 0.6 is 0 Å². The van der Waals surface area contributed by atoms with Gasteiger partial charge in [0.25, 0.3) is 5.91 Å². The van der Waals surface area contributed by atoms with Gasteiger partial charge in [0.2, 0.25) is 0 Å². The van der Waals surface area contributed by atoms with E-state index in [0.29, 0.717) is 10.9 Å². The molecule has 124 valence electrons. The Balaban J connectivity index is 1.67. The minimum atomic E-state index is -0.267. The molecule has 4 rings (SSSR count). The number of aromatic nitrogens is 2. The maximum Gasteiger partial charge on any atom is 0.255 e. The summed E-state index contributed by atoms with van der Waals surface area (Å²) in [5.41, 5.74) is 2.14. The van der Waals surface area contributed by atoms with Gasteiger partial charge >= 0.3 is 0 Å². The molecular formula is C20H16FN3O. The highest BCUT2D eigenvalue weighted by Gasteiger charge is 2.17. The molecule has 2 aromatic heterocycles. The number of halogens is 1. The minimum absolute atomic E-state index is 0.206. The molecule has 0 saturated heterocycles. The summed E-state index contributed by atoms with van der Waals surface area (Å²) >= 11 is 0. The molecule has 2 aromatic carbocycles. The van der Waals surface area contributed by atoms with Crippen LogP contribution in [0, 0.1) is 5.82 Å². The van der Waals surface area contributed by atoms with Crippen LogP contribution in [0.3, 0.4) is 0 Å². The van der Waals surface area contributed by atoms with Crippen LogP contribution in [0.1, 0.15) is 28.9 Å². The second-order valence-corrected chi connectivity index (χ2v) is 5.97. The molecule has 0 radical (unpaired) electrons. The van der Waals surface area contributed by atoms with Gasteiger partial charge in [0.05, 0.1) is 23.3 Å². The number of hydrogen-bond donors (Lipinski definition) is 1. The Kier molecular flexibility index (Phi) is 3.69. The van der Waals surface area contributed by atoms with E-state index in [1.54, 1.807) is 35.1 Å². The van der Waals surface area contributed by atoms with Crippen LogP contribution in [0.5, 0.6) is 0 Å². The fourth-order valence-corrected chi connectivity index (χ4v) is 3.12. The van der Waals surface area contributed by atoms with Gasteiger partial charge < -0.3 is 5.32 Å². The summed E-state index contributed by atoms with van der Waals surface area (Å²) in [5, 5.41) is 8.53. The zero-order valence-electron chi connectivity index (χ0n) is 13.6. The Morgan fingerprint density at radius 3 is 2.68 bits per heavy atom. The van der Waals surface area contributed by atoms with Crippen molar-refractivity contribution in [2.75, 3.05) is 0 Å². The molecule has 0 saturated carbocycles. The summed E-state index contributed by atoms with van der Waals surface area (Å²) in [5.74, 6) is -0.470. The molecule has 0 aliphatic carbocycles. The van der Waals surface area contributed by atoms with Crippen LogP contribution in [0.15, 0.2) is 67.0 Å². The van der Waals surface area contributed by atoms with Crippen molar-refractivity contribution in [3.8, 4) is 0 Å². The van der Waals surface area contributed by atoms with E-state index in [-0.39, 0.29) is 17.8 Å². The van der Waals surface area contributed by atoms with Crippen molar-refractivity contribution < 1.29 is 9.18 Å². The molecule has 0 spiro atoms. The van der Waals surface area contributed by atoms with Gasteiger partial charge in [-0.2, -0.15) is 5.10 Å². The number of hydrogen-bond acceptors (Lipinski definition) is 2. The van der Waals surface area contributed by atoms with E-state index in [2.05, 4.69) is 10.4 Å². The molecule has 5 heteroatoms. The Morgan fingerprint density at radius 1 is 1.08 bits per heavy atom. The zero-order valence-corrected chi connectivity index (χ0v) is 13.6. The Morgan fingerprint density at radius 2 is 1.84 bits per heavy atom. The first-order valence-corrected chi connectivity index (χ1v) is 8.05. The molecule has 0 fully saturated rings. The van der Waals surface area contributed by atoms with Crippen LogP contribution in [-0.4, -0.2) is 15.5 Å².